The zero-order valence-electron chi connectivity index (χ0n) is 12.8. The minimum absolute atomic E-state index is 0.188. The van der Waals surface area contributed by atoms with Gasteiger partial charge in [0.2, 0.25) is 0 Å². The lowest BCUT2D eigenvalue weighted by Crippen LogP contribution is -2.07. The van der Waals surface area contributed by atoms with Gasteiger partial charge in [0.05, 0.1) is 17.7 Å². The number of nitrogens with zero attached hydrogens (tertiary/aromatic N) is 4. The van der Waals surface area contributed by atoms with Crippen LogP contribution in [0.2, 0.25) is 0 Å². The van der Waals surface area contributed by atoms with Gasteiger partial charge in [-0.3, -0.25) is 0 Å². The average Bonchev–Trinajstić information content (AvgIpc) is 2.94. The molecule has 6 heteroatoms. The number of terminal acetylenes is 1. The molecule has 0 spiro atoms. The van der Waals surface area contributed by atoms with Crippen molar-refractivity contribution < 1.29 is 9.53 Å². The van der Waals surface area contributed by atoms with Gasteiger partial charge in [-0.25, -0.2) is 19.4 Å². The highest BCUT2D eigenvalue weighted by molar-refractivity contribution is 6.01. The monoisotopic (exact) mass is 306 g/mol. The number of ether oxygens (including phenoxy) is 1. The van der Waals surface area contributed by atoms with Crippen LogP contribution in [0.3, 0.4) is 0 Å². The first-order chi connectivity index (χ1) is 11.1. The number of hydrogen-bond donors (Lipinski definition) is 0. The van der Waals surface area contributed by atoms with Crippen molar-refractivity contribution in [2.75, 3.05) is 6.61 Å². The first-order valence-electron chi connectivity index (χ1n) is 7.10. The predicted molar refractivity (Wildman–Crippen MR) is 85.3 cm³/mol. The number of rotatable bonds is 3. The number of benzene rings is 1. The maximum absolute atomic E-state index is 12.1. The van der Waals surface area contributed by atoms with Crippen molar-refractivity contribution in [3.05, 3.63) is 47.5 Å². The van der Waals surface area contributed by atoms with Gasteiger partial charge in [-0.1, -0.05) is 12.0 Å². The van der Waals surface area contributed by atoms with Crippen LogP contribution in [0.15, 0.2) is 30.5 Å². The molecule has 0 aliphatic rings. The SMILES string of the molecule is C#Cc1cccc(-n2nc(C(=O)OCC)c3cnc(C)nc32)c1. The molecule has 114 valence electrons. The zero-order valence-corrected chi connectivity index (χ0v) is 12.8. The molecule has 0 aliphatic heterocycles. The van der Waals surface area contributed by atoms with Crippen molar-refractivity contribution >= 4 is 17.0 Å². The Morgan fingerprint density at radius 1 is 1.43 bits per heavy atom. The van der Waals surface area contributed by atoms with E-state index in [9.17, 15) is 4.79 Å². The largest absolute Gasteiger partial charge is 0.461 e. The second kappa shape index (κ2) is 5.89. The fraction of sp³-hybridized carbons (Fsp3) is 0.176. The lowest BCUT2D eigenvalue weighted by Gasteiger charge is -2.03. The molecule has 2 heterocycles. The van der Waals surface area contributed by atoms with E-state index in [0.717, 1.165) is 11.3 Å². The number of esters is 1. The van der Waals surface area contributed by atoms with Gasteiger partial charge in [-0.2, -0.15) is 5.10 Å². The molecule has 6 nitrogen and oxygen atoms in total. The lowest BCUT2D eigenvalue weighted by atomic mass is 10.2. The lowest BCUT2D eigenvalue weighted by molar-refractivity contribution is 0.0521. The third-order valence-corrected chi connectivity index (χ3v) is 3.27. The number of fused-ring (bicyclic) bond motifs is 1. The van der Waals surface area contributed by atoms with E-state index in [1.165, 1.54) is 0 Å². The average molecular weight is 306 g/mol. The van der Waals surface area contributed by atoms with E-state index in [2.05, 4.69) is 21.0 Å². The number of hydrogen-bond acceptors (Lipinski definition) is 5. The molecule has 23 heavy (non-hydrogen) atoms. The predicted octanol–water partition coefficient (Wildman–Crippen LogP) is 2.28. The normalized spacial score (nSPS) is 10.5. The van der Waals surface area contributed by atoms with Crippen molar-refractivity contribution in [2.24, 2.45) is 0 Å². The first kappa shape index (κ1) is 14.7. The van der Waals surface area contributed by atoms with Crippen LogP contribution in [-0.2, 0) is 4.74 Å². The fourth-order valence-corrected chi connectivity index (χ4v) is 2.25. The van der Waals surface area contributed by atoms with E-state index in [0.29, 0.717) is 16.9 Å². The van der Waals surface area contributed by atoms with Crippen LogP contribution < -0.4 is 0 Å². The summed E-state index contributed by atoms with van der Waals surface area (Å²) in [5.74, 6) is 2.66. The second-order valence-electron chi connectivity index (χ2n) is 4.83. The molecular weight excluding hydrogens is 292 g/mol. The van der Waals surface area contributed by atoms with E-state index in [4.69, 9.17) is 11.2 Å². The Balaban J connectivity index is 2.26. The van der Waals surface area contributed by atoms with Crippen LogP contribution >= 0.6 is 0 Å². The Kier molecular flexibility index (Phi) is 3.77. The summed E-state index contributed by atoms with van der Waals surface area (Å²) in [5, 5.41) is 4.91. The standard InChI is InChI=1S/C17H14N4O2/c1-4-12-7-6-8-13(9-12)21-16-14(10-18-11(3)19-16)15(20-21)17(22)23-5-2/h1,6-10H,5H2,2-3H3. The minimum Gasteiger partial charge on any atom is -0.461 e. The smallest absolute Gasteiger partial charge is 0.359 e. The Hall–Kier alpha value is -3.20. The second-order valence-corrected chi connectivity index (χ2v) is 4.83. The van der Waals surface area contributed by atoms with Crippen LogP contribution in [0.1, 0.15) is 28.8 Å². The quantitative estimate of drug-likeness (QED) is 0.548. The maximum Gasteiger partial charge on any atom is 0.359 e. The van der Waals surface area contributed by atoms with Crippen molar-refractivity contribution in [1.82, 2.24) is 19.7 Å². The molecule has 3 aromatic rings. The third-order valence-electron chi connectivity index (χ3n) is 3.27. The van der Waals surface area contributed by atoms with Gasteiger partial charge < -0.3 is 4.74 Å². The molecule has 0 bridgehead atoms. The van der Waals surface area contributed by atoms with E-state index >= 15 is 0 Å². The number of carbonyl (C=O) groups is 1. The molecule has 0 amide bonds. The van der Waals surface area contributed by atoms with Crippen LogP contribution in [0.5, 0.6) is 0 Å². The molecule has 0 saturated carbocycles. The highest BCUT2D eigenvalue weighted by Crippen LogP contribution is 2.21. The van der Waals surface area contributed by atoms with Gasteiger partial charge >= 0.3 is 5.97 Å². The summed E-state index contributed by atoms with van der Waals surface area (Å²) < 4.78 is 6.64. The summed E-state index contributed by atoms with van der Waals surface area (Å²) in [5.41, 5.74) is 2.16. The van der Waals surface area contributed by atoms with Gasteiger partial charge in [-0.05, 0) is 32.0 Å². The van der Waals surface area contributed by atoms with E-state index in [1.54, 1.807) is 30.8 Å². The topological polar surface area (TPSA) is 69.9 Å². The Morgan fingerprint density at radius 2 is 2.26 bits per heavy atom. The maximum atomic E-state index is 12.1. The van der Waals surface area contributed by atoms with Crippen LogP contribution in [0.4, 0.5) is 0 Å². The Bertz CT molecular complexity index is 937. The van der Waals surface area contributed by atoms with Crippen molar-refractivity contribution in [3.8, 4) is 18.0 Å². The summed E-state index contributed by atoms with van der Waals surface area (Å²) in [7, 11) is 0. The van der Waals surface area contributed by atoms with Gasteiger partial charge in [0.25, 0.3) is 0 Å². The summed E-state index contributed by atoms with van der Waals surface area (Å²) in [6.45, 7) is 3.79. The van der Waals surface area contributed by atoms with Crippen molar-refractivity contribution in [1.29, 1.82) is 0 Å². The van der Waals surface area contributed by atoms with Gasteiger partial charge in [0.15, 0.2) is 11.3 Å². The number of aromatic nitrogens is 4. The highest BCUT2D eigenvalue weighted by Gasteiger charge is 2.20. The molecule has 0 saturated heterocycles. The molecule has 2 aromatic heterocycles. The van der Waals surface area contributed by atoms with Gasteiger partial charge in [0.1, 0.15) is 5.82 Å². The van der Waals surface area contributed by atoms with Crippen molar-refractivity contribution in [2.45, 2.75) is 13.8 Å². The van der Waals surface area contributed by atoms with Gasteiger partial charge in [-0.15, -0.1) is 6.42 Å². The summed E-state index contributed by atoms with van der Waals surface area (Å²) in [6, 6.07) is 7.30. The molecule has 0 N–H and O–H groups in total. The molecule has 1 aromatic carbocycles. The molecule has 0 aliphatic carbocycles. The molecule has 0 unspecified atom stereocenters. The van der Waals surface area contributed by atoms with E-state index in [1.807, 2.05) is 18.2 Å². The highest BCUT2D eigenvalue weighted by atomic mass is 16.5. The van der Waals surface area contributed by atoms with Crippen LogP contribution in [0, 0.1) is 19.3 Å². The van der Waals surface area contributed by atoms with Crippen LogP contribution in [0.25, 0.3) is 16.7 Å². The third kappa shape index (κ3) is 2.64. The Morgan fingerprint density at radius 3 is 3.00 bits per heavy atom. The van der Waals surface area contributed by atoms with E-state index < -0.39 is 5.97 Å². The van der Waals surface area contributed by atoms with Crippen molar-refractivity contribution in [3.63, 3.8) is 0 Å². The Labute approximate surface area is 133 Å². The molecule has 3 rings (SSSR count). The minimum atomic E-state index is -0.503. The number of carbonyl (C=O) groups excluding carboxylic acids is 1. The van der Waals surface area contributed by atoms with E-state index in [-0.39, 0.29) is 12.3 Å². The fourth-order valence-electron chi connectivity index (χ4n) is 2.25. The molecular formula is C17H14N4O2. The zero-order chi connectivity index (χ0) is 16.4. The van der Waals surface area contributed by atoms with Crippen LogP contribution in [-0.4, -0.2) is 32.3 Å². The molecule has 0 atom stereocenters. The van der Waals surface area contributed by atoms with Gasteiger partial charge in [0, 0.05) is 11.8 Å². The first-order valence-corrected chi connectivity index (χ1v) is 7.10. The summed E-state index contributed by atoms with van der Waals surface area (Å²) in [6.07, 6.45) is 7.03. The summed E-state index contributed by atoms with van der Waals surface area (Å²) in [4.78, 5) is 20.7. The summed E-state index contributed by atoms with van der Waals surface area (Å²) >= 11 is 0. The molecule has 0 fully saturated rings. The molecule has 0 radical (unpaired) electrons. The number of aryl methyl sites for hydroxylation is 1.